The maximum atomic E-state index is 12.9. The highest BCUT2D eigenvalue weighted by Crippen LogP contribution is 2.22. The maximum Gasteiger partial charge on any atom is 0.338 e. The number of ether oxygens (including phenoxy) is 1. The summed E-state index contributed by atoms with van der Waals surface area (Å²) in [7, 11) is 0. The second-order valence-electron chi connectivity index (χ2n) is 6.77. The highest BCUT2D eigenvalue weighted by molar-refractivity contribution is 6.30. The number of anilines is 1. The number of nitrogens with zero attached hydrogens (tertiary/aromatic N) is 3. The zero-order valence-corrected chi connectivity index (χ0v) is 17.9. The van der Waals surface area contributed by atoms with Gasteiger partial charge in [-0.1, -0.05) is 41.9 Å². The Labute approximate surface area is 189 Å². The van der Waals surface area contributed by atoms with E-state index in [0.29, 0.717) is 28.7 Å². The molecule has 1 N–H and O–H groups in total. The lowest BCUT2D eigenvalue weighted by molar-refractivity contribution is 0.0526. The molecule has 8 heteroatoms. The van der Waals surface area contributed by atoms with Crippen molar-refractivity contribution in [2.24, 2.45) is 0 Å². The lowest BCUT2D eigenvalue weighted by atomic mass is 10.2. The van der Waals surface area contributed by atoms with Crippen LogP contribution in [0.1, 0.15) is 27.9 Å². The molecule has 7 nitrogen and oxygen atoms in total. The van der Waals surface area contributed by atoms with E-state index in [9.17, 15) is 9.59 Å². The van der Waals surface area contributed by atoms with E-state index in [4.69, 9.17) is 16.3 Å². The monoisotopic (exact) mass is 446 g/mol. The molecular formula is C24H19ClN4O3. The fourth-order valence-corrected chi connectivity index (χ4v) is 3.16. The van der Waals surface area contributed by atoms with Crippen LogP contribution in [0, 0.1) is 0 Å². The van der Waals surface area contributed by atoms with Gasteiger partial charge in [0.05, 0.1) is 17.9 Å². The van der Waals surface area contributed by atoms with Gasteiger partial charge in [0.1, 0.15) is 0 Å². The molecule has 0 saturated carbocycles. The van der Waals surface area contributed by atoms with Crippen LogP contribution in [0.3, 0.4) is 0 Å². The van der Waals surface area contributed by atoms with Gasteiger partial charge in [0, 0.05) is 16.3 Å². The minimum absolute atomic E-state index is 0.00766. The number of carbonyl (C=O) groups is 2. The number of amides is 1. The Morgan fingerprint density at radius 2 is 1.66 bits per heavy atom. The Bertz CT molecular complexity index is 1240. The first-order chi connectivity index (χ1) is 15.5. The van der Waals surface area contributed by atoms with Crippen LogP contribution in [0.2, 0.25) is 5.02 Å². The first-order valence-corrected chi connectivity index (χ1v) is 10.3. The zero-order valence-electron chi connectivity index (χ0n) is 17.2. The largest absolute Gasteiger partial charge is 0.462 e. The van der Waals surface area contributed by atoms with Gasteiger partial charge in [-0.15, -0.1) is 5.10 Å². The van der Waals surface area contributed by atoms with Gasteiger partial charge >= 0.3 is 5.97 Å². The third-order valence-corrected chi connectivity index (χ3v) is 4.82. The number of carbonyl (C=O) groups excluding carboxylic acids is 2. The fraction of sp³-hybridized carbons (Fsp3) is 0.0833. The predicted molar refractivity (Wildman–Crippen MR) is 122 cm³/mol. The van der Waals surface area contributed by atoms with Crippen molar-refractivity contribution >= 4 is 29.2 Å². The summed E-state index contributed by atoms with van der Waals surface area (Å²) in [5.74, 6) is -0.357. The van der Waals surface area contributed by atoms with Crippen molar-refractivity contribution in [2.45, 2.75) is 6.92 Å². The number of hydrogen-bond acceptors (Lipinski definition) is 5. The average Bonchev–Trinajstić information content (AvgIpc) is 3.26. The minimum atomic E-state index is -0.473. The van der Waals surface area contributed by atoms with E-state index >= 15 is 0 Å². The second-order valence-corrected chi connectivity index (χ2v) is 7.20. The Morgan fingerprint density at radius 3 is 2.31 bits per heavy atom. The van der Waals surface area contributed by atoms with Crippen molar-refractivity contribution in [3.8, 4) is 17.1 Å². The average molecular weight is 447 g/mol. The van der Waals surface area contributed by atoms with Crippen LogP contribution in [-0.4, -0.2) is 33.2 Å². The Kier molecular flexibility index (Phi) is 6.28. The molecule has 0 bridgehead atoms. The maximum absolute atomic E-state index is 12.9. The Balaban J connectivity index is 1.62. The van der Waals surface area contributed by atoms with Crippen molar-refractivity contribution < 1.29 is 14.3 Å². The quantitative estimate of drug-likeness (QED) is 0.420. The van der Waals surface area contributed by atoms with Crippen molar-refractivity contribution in [3.05, 3.63) is 95.3 Å². The SMILES string of the molecule is CCOC(=O)c1ccc(NC(=O)c2nc(-c3ccccc3)n(-c3ccc(Cl)cc3)n2)cc1. The first-order valence-electron chi connectivity index (χ1n) is 9.92. The summed E-state index contributed by atoms with van der Waals surface area (Å²) in [6.07, 6.45) is 0. The van der Waals surface area contributed by atoms with E-state index in [1.807, 2.05) is 30.3 Å². The van der Waals surface area contributed by atoms with Crippen molar-refractivity contribution in [1.82, 2.24) is 14.8 Å². The molecule has 4 rings (SSSR count). The minimum Gasteiger partial charge on any atom is -0.462 e. The van der Waals surface area contributed by atoms with E-state index in [0.717, 1.165) is 11.3 Å². The van der Waals surface area contributed by atoms with Gasteiger partial charge < -0.3 is 10.1 Å². The lowest BCUT2D eigenvalue weighted by Crippen LogP contribution is -2.14. The number of aromatic nitrogens is 3. The van der Waals surface area contributed by atoms with E-state index in [1.54, 1.807) is 60.1 Å². The number of nitrogens with one attached hydrogen (secondary N) is 1. The summed E-state index contributed by atoms with van der Waals surface area (Å²) in [4.78, 5) is 29.1. The molecular weight excluding hydrogens is 428 g/mol. The third-order valence-electron chi connectivity index (χ3n) is 4.57. The van der Waals surface area contributed by atoms with E-state index in [2.05, 4.69) is 15.4 Å². The summed E-state index contributed by atoms with van der Waals surface area (Å²) >= 11 is 6.01. The zero-order chi connectivity index (χ0) is 22.5. The molecule has 0 aliphatic rings. The number of rotatable bonds is 6. The van der Waals surface area contributed by atoms with E-state index < -0.39 is 11.9 Å². The molecule has 1 aromatic heterocycles. The van der Waals surface area contributed by atoms with E-state index in [1.165, 1.54) is 0 Å². The topological polar surface area (TPSA) is 86.1 Å². The highest BCUT2D eigenvalue weighted by atomic mass is 35.5. The molecule has 1 amide bonds. The highest BCUT2D eigenvalue weighted by Gasteiger charge is 2.19. The number of esters is 1. The summed E-state index contributed by atoms with van der Waals surface area (Å²) in [5.41, 5.74) is 2.44. The standard InChI is InChI=1S/C24H19ClN4O3/c1-2-32-24(31)17-8-12-19(13-9-17)26-23(30)21-27-22(16-6-4-3-5-7-16)29(28-21)20-14-10-18(25)11-15-20/h3-15H,2H2,1H3,(H,26,30). The van der Waals surface area contributed by atoms with Gasteiger partial charge in [0.15, 0.2) is 5.82 Å². The molecule has 3 aromatic carbocycles. The molecule has 0 atom stereocenters. The molecule has 0 spiro atoms. The van der Waals surface area contributed by atoms with Crippen LogP contribution in [0.25, 0.3) is 17.1 Å². The first kappa shape index (κ1) is 21.3. The second kappa shape index (κ2) is 9.45. The molecule has 0 saturated heterocycles. The number of benzene rings is 3. The predicted octanol–water partition coefficient (Wildman–Crippen LogP) is 5.02. The van der Waals surface area contributed by atoms with Crippen LogP contribution < -0.4 is 5.32 Å². The van der Waals surface area contributed by atoms with Crippen molar-refractivity contribution in [1.29, 1.82) is 0 Å². The molecule has 0 fully saturated rings. The van der Waals surface area contributed by atoms with Crippen LogP contribution in [-0.2, 0) is 4.74 Å². The van der Waals surface area contributed by atoms with Crippen LogP contribution in [0.4, 0.5) is 5.69 Å². The fourth-order valence-electron chi connectivity index (χ4n) is 3.04. The van der Waals surface area contributed by atoms with Crippen molar-refractivity contribution in [2.75, 3.05) is 11.9 Å². The molecule has 32 heavy (non-hydrogen) atoms. The summed E-state index contributed by atoms with van der Waals surface area (Å²) < 4.78 is 6.57. The molecule has 0 radical (unpaired) electrons. The lowest BCUT2D eigenvalue weighted by Gasteiger charge is -2.06. The van der Waals surface area contributed by atoms with Gasteiger partial charge in [-0.3, -0.25) is 4.79 Å². The normalized spacial score (nSPS) is 10.6. The van der Waals surface area contributed by atoms with Crippen molar-refractivity contribution in [3.63, 3.8) is 0 Å². The molecule has 160 valence electrons. The van der Waals surface area contributed by atoms with Gasteiger partial charge in [0.25, 0.3) is 5.91 Å². The Morgan fingerprint density at radius 1 is 0.969 bits per heavy atom. The smallest absolute Gasteiger partial charge is 0.338 e. The molecule has 4 aromatic rings. The van der Waals surface area contributed by atoms with Gasteiger partial charge in [-0.05, 0) is 55.5 Å². The summed E-state index contributed by atoms with van der Waals surface area (Å²) in [6.45, 7) is 2.04. The molecule has 0 unspecified atom stereocenters. The van der Waals surface area contributed by atoms with Crippen LogP contribution in [0.15, 0.2) is 78.9 Å². The Hall–Kier alpha value is -3.97. The molecule has 1 heterocycles. The third kappa shape index (κ3) is 4.68. The summed E-state index contributed by atoms with van der Waals surface area (Å²) in [5, 5.41) is 7.78. The molecule has 0 aliphatic carbocycles. The van der Waals surface area contributed by atoms with E-state index in [-0.39, 0.29) is 5.82 Å². The number of halogens is 1. The van der Waals surface area contributed by atoms with Crippen LogP contribution >= 0.6 is 11.6 Å². The number of hydrogen-bond donors (Lipinski definition) is 1. The molecule has 0 aliphatic heterocycles. The van der Waals surface area contributed by atoms with Gasteiger partial charge in [-0.25, -0.2) is 14.5 Å². The summed E-state index contributed by atoms with van der Waals surface area (Å²) in [6, 6.07) is 23.0. The van der Waals surface area contributed by atoms with Gasteiger partial charge in [0.2, 0.25) is 5.82 Å². The van der Waals surface area contributed by atoms with Crippen LogP contribution in [0.5, 0.6) is 0 Å². The van der Waals surface area contributed by atoms with Gasteiger partial charge in [-0.2, -0.15) is 0 Å².